The molecule has 0 heterocycles. The number of hydrogen-bond donors (Lipinski definition) is 0. The first-order chi connectivity index (χ1) is 10.0. The third-order valence-electron chi connectivity index (χ3n) is 3.57. The zero-order chi connectivity index (χ0) is 15.4. The molecule has 2 aromatic rings. The molecule has 1 nitrogen and oxygen atoms in total. The Bertz CT molecular complexity index is 642. The smallest absolute Gasteiger partial charge is 0.0513 e. The highest BCUT2D eigenvalue weighted by molar-refractivity contribution is 5.82. The van der Waals surface area contributed by atoms with Gasteiger partial charge in [0.05, 0.1) is 5.69 Å². The van der Waals surface area contributed by atoms with Crippen LogP contribution in [0.1, 0.15) is 29.2 Å². The molecule has 0 fully saturated rings. The quantitative estimate of drug-likeness (QED) is 0.700. The third-order valence-corrected chi connectivity index (χ3v) is 3.57. The lowest BCUT2D eigenvalue weighted by Crippen LogP contribution is -2.16. The second-order valence-electron chi connectivity index (χ2n) is 5.41. The minimum Gasteiger partial charge on any atom is -0.317 e. The average Bonchev–Trinajstić information content (AvgIpc) is 2.45. The molecule has 0 N–H and O–H groups in total. The van der Waals surface area contributed by atoms with Gasteiger partial charge in [0.1, 0.15) is 0 Å². The minimum atomic E-state index is 0.990. The first kappa shape index (κ1) is 15.1. The maximum absolute atomic E-state index is 4.30. The fourth-order valence-corrected chi connectivity index (χ4v) is 2.77. The van der Waals surface area contributed by atoms with Gasteiger partial charge in [0.15, 0.2) is 0 Å². The molecule has 0 radical (unpaired) electrons. The molecule has 2 aromatic carbocycles. The zero-order valence-corrected chi connectivity index (χ0v) is 13.4. The number of allylic oxidation sites excluding steroid dienone is 1. The summed E-state index contributed by atoms with van der Waals surface area (Å²) in [4.78, 5) is 2.18. The number of aryl methyl sites for hydroxylation is 3. The lowest BCUT2D eigenvalue weighted by molar-refractivity contribution is 1.21. The highest BCUT2D eigenvalue weighted by Crippen LogP contribution is 2.32. The fraction of sp³-hybridized carbons (Fsp3) is 0.200. The van der Waals surface area contributed by atoms with Crippen molar-refractivity contribution in [3.63, 3.8) is 0 Å². The zero-order valence-electron chi connectivity index (χ0n) is 13.4. The molecule has 0 saturated heterocycles. The van der Waals surface area contributed by atoms with Crippen molar-refractivity contribution in [1.29, 1.82) is 0 Å². The molecule has 0 saturated carbocycles. The van der Waals surface area contributed by atoms with Crippen LogP contribution in [0.5, 0.6) is 0 Å². The highest BCUT2D eigenvalue weighted by Gasteiger charge is 2.14. The summed E-state index contributed by atoms with van der Waals surface area (Å²) in [6.45, 7) is 12.8. The number of rotatable bonds is 4. The lowest BCUT2D eigenvalue weighted by Gasteiger charge is -2.27. The van der Waals surface area contributed by atoms with E-state index in [0.717, 1.165) is 11.3 Å². The minimum absolute atomic E-state index is 0.990. The van der Waals surface area contributed by atoms with Crippen molar-refractivity contribution in [3.05, 3.63) is 83.6 Å². The fourth-order valence-electron chi connectivity index (χ4n) is 2.77. The summed E-state index contributed by atoms with van der Waals surface area (Å²) >= 11 is 0. The molecule has 21 heavy (non-hydrogen) atoms. The van der Waals surface area contributed by atoms with Crippen LogP contribution in [0.15, 0.2) is 61.3 Å². The summed E-state index contributed by atoms with van der Waals surface area (Å²) in [6.07, 6.45) is 4.13. The third kappa shape index (κ3) is 3.25. The number of hydrogen-bond acceptors (Lipinski definition) is 1. The maximum atomic E-state index is 4.30. The summed E-state index contributed by atoms with van der Waals surface area (Å²) in [5, 5.41) is 0. The summed E-state index contributed by atoms with van der Waals surface area (Å²) < 4.78 is 0. The van der Waals surface area contributed by atoms with E-state index in [0.29, 0.717) is 0 Å². The van der Waals surface area contributed by atoms with Crippen molar-refractivity contribution in [2.45, 2.75) is 27.7 Å². The van der Waals surface area contributed by atoms with Gasteiger partial charge in [-0.25, -0.2) is 0 Å². The summed E-state index contributed by atoms with van der Waals surface area (Å²) in [7, 11) is 0. The van der Waals surface area contributed by atoms with Crippen LogP contribution in [0.2, 0.25) is 0 Å². The number of anilines is 1. The van der Waals surface area contributed by atoms with E-state index in [1.807, 2.05) is 31.2 Å². The van der Waals surface area contributed by atoms with Crippen LogP contribution in [-0.2, 0) is 0 Å². The van der Waals surface area contributed by atoms with Gasteiger partial charge in [-0.3, -0.25) is 0 Å². The van der Waals surface area contributed by atoms with Gasteiger partial charge in [-0.1, -0.05) is 60.7 Å². The molecule has 0 aliphatic rings. The van der Waals surface area contributed by atoms with Crippen LogP contribution in [0.4, 0.5) is 5.69 Å². The molecule has 0 aliphatic heterocycles. The molecular formula is C20H23N. The van der Waals surface area contributed by atoms with Gasteiger partial charge in [0, 0.05) is 11.9 Å². The van der Waals surface area contributed by atoms with Crippen LogP contribution < -0.4 is 4.90 Å². The molecule has 0 aliphatic carbocycles. The van der Waals surface area contributed by atoms with Crippen LogP contribution in [0, 0.1) is 20.8 Å². The summed E-state index contributed by atoms with van der Waals surface area (Å²) in [6, 6.07) is 14.7. The van der Waals surface area contributed by atoms with E-state index in [-0.39, 0.29) is 0 Å². The topological polar surface area (TPSA) is 3.24 Å². The molecule has 108 valence electrons. The Morgan fingerprint density at radius 3 is 2.10 bits per heavy atom. The number of benzene rings is 2. The normalized spacial score (nSPS) is 10.9. The predicted octanol–water partition coefficient (Wildman–Crippen LogP) is 5.62. The molecule has 0 spiro atoms. The van der Waals surface area contributed by atoms with Crippen molar-refractivity contribution < 1.29 is 0 Å². The van der Waals surface area contributed by atoms with Crippen molar-refractivity contribution in [1.82, 2.24) is 0 Å². The summed E-state index contributed by atoms with van der Waals surface area (Å²) in [5.74, 6) is 0. The van der Waals surface area contributed by atoms with Gasteiger partial charge in [0.2, 0.25) is 0 Å². The van der Waals surface area contributed by atoms with Gasteiger partial charge < -0.3 is 4.90 Å². The van der Waals surface area contributed by atoms with E-state index in [2.05, 4.69) is 62.7 Å². The van der Waals surface area contributed by atoms with Crippen molar-refractivity contribution in [2.24, 2.45) is 0 Å². The monoisotopic (exact) mass is 277 g/mol. The largest absolute Gasteiger partial charge is 0.317 e. The molecule has 1 heteroatoms. The molecule has 2 rings (SSSR count). The van der Waals surface area contributed by atoms with E-state index >= 15 is 0 Å². The second kappa shape index (κ2) is 6.45. The second-order valence-corrected chi connectivity index (χ2v) is 5.41. The molecular weight excluding hydrogens is 254 g/mol. The van der Waals surface area contributed by atoms with Gasteiger partial charge in [0.25, 0.3) is 0 Å². The van der Waals surface area contributed by atoms with E-state index in [1.54, 1.807) is 0 Å². The maximum Gasteiger partial charge on any atom is 0.0513 e. The first-order valence-corrected chi connectivity index (χ1v) is 7.29. The van der Waals surface area contributed by atoms with E-state index < -0.39 is 0 Å². The van der Waals surface area contributed by atoms with Crippen molar-refractivity contribution in [2.75, 3.05) is 4.90 Å². The molecule has 0 aromatic heterocycles. The molecule has 0 unspecified atom stereocenters. The average molecular weight is 277 g/mol. The van der Waals surface area contributed by atoms with E-state index in [4.69, 9.17) is 0 Å². The Morgan fingerprint density at radius 1 is 1.00 bits per heavy atom. The van der Waals surface area contributed by atoms with E-state index in [9.17, 15) is 0 Å². The van der Waals surface area contributed by atoms with Gasteiger partial charge in [-0.05, 0) is 44.4 Å². The van der Waals surface area contributed by atoms with Gasteiger partial charge >= 0.3 is 0 Å². The highest BCUT2D eigenvalue weighted by atomic mass is 15.1. The van der Waals surface area contributed by atoms with Crippen LogP contribution in [0.3, 0.4) is 0 Å². The SMILES string of the molecule is C=C(c1ccccc1)N(/C=C\C)c1c(C)cc(C)cc1C. The van der Waals surface area contributed by atoms with Crippen LogP contribution in [0.25, 0.3) is 5.70 Å². The Hall–Kier alpha value is -2.28. The molecule has 0 atom stereocenters. The standard InChI is InChI=1S/C20H23N/c1-6-12-21(18(5)19-10-8-7-9-11-19)20-16(3)13-15(2)14-17(20)4/h6-14H,5H2,1-4H3/b12-6-. The van der Waals surface area contributed by atoms with Crippen molar-refractivity contribution in [3.8, 4) is 0 Å². The van der Waals surface area contributed by atoms with Gasteiger partial charge in [-0.15, -0.1) is 0 Å². The Kier molecular flexibility index (Phi) is 4.64. The number of nitrogens with zero attached hydrogens (tertiary/aromatic N) is 1. The van der Waals surface area contributed by atoms with E-state index in [1.165, 1.54) is 22.4 Å². The lowest BCUT2D eigenvalue weighted by atomic mass is 10.0. The Balaban J connectivity index is 2.53. The van der Waals surface area contributed by atoms with Crippen molar-refractivity contribution >= 4 is 11.4 Å². The predicted molar refractivity (Wildman–Crippen MR) is 93.4 cm³/mol. The van der Waals surface area contributed by atoms with Crippen LogP contribution in [-0.4, -0.2) is 0 Å². The Morgan fingerprint density at radius 2 is 1.57 bits per heavy atom. The first-order valence-electron chi connectivity index (χ1n) is 7.29. The molecule has 0 amide bonds. The molecule has 0 bridgehead atoms. The Labute approximate surface area is 128 Å². The van der Waals surface area contributed by atoms with Gasteiger partial charge in [-0.2, -0.15) is 0 Å². The van der Waals surface area contributed by atoms with Crippen LogP contribution >= 0.6 is 0 Å². The summed E-state index contributed by atoms with van der Waals surface area (Å²) in [5.41, 5.74) is 7.16.